The number of ketones is 2. The number of carbonyl (C=O) groups excluding carboxylic acids is 2. The van der Waals surface area contributed by atoms with Crippen LogP contribution in [0.15, 0.2) is 36.4 Å². The zero-order valence-electron chi connectivity index (χ0n) is 15.1. The van der Waals surface area contributed by atoms with Crippen LogP contribution in [0, 0.1) is 0 Å². The number of rotatable bonds is 9. The fraction of sp³-hybridized carbons (Fsp3) is 0.300. The zero-order chi connectivity index (χ0) is 20.0. The Labute approximate surface area is 156 Å². The molecule has 144 valence electrons. The number of aliphatic hydroxyl groups is 1. The Morgan fingerprint density at radius 2 is 1.37 bits per heavy atom. The summed E-state index contributed by atoms with van der Waals surface area (Å²) < 4.78 is 10.9. The van der Waals surface area contributed by atoms with Crippen molar-refractivity contribution in [1.82, 2.24) is 0 Å². The summed E-state index contributed by atoms with van der Waals surface area (Å²) in [6.07, 6.45) is -0.702. The van der Waals surface area contributed by atoms with E-state index in [1.165, 1.54) is 38.1 Å². The summed E-state index contributed by atoms with van der Waals surface area (Å²) >= 11 is 0. The van der Waals surface area contributed by atoms with E-state index >= 15 is 0 Å². The maximum atomic E-state index is 11.6. The monoisotopic (exact) mass is 374 g/mol. The number of aliphatic hydroxyl groups excluding tert-OH is 1. The van der Waals surface area contributed by atoms with Crippen LogP contribution in [0.3, 0.4) is 0 Å². The average molecular weight is 374 g/mol. The van der Waals surface area contributed by atoms with Gasteiger partial charge in [-0.25, -0.2) is 0 Å². The summed E-state index contributed by atoms with van der Waals surface area (Å²) in [5.41, 5.74) is 0.154. The molecule has 1 atom stereocenters. The molecule has 7 nitrogen and oxygen atoms in total. The topological polar surface area (TPSA) is 113 Å². The Morgan fingerprint density at radius 3 is 1.85 bits per heavy atom. The van der Waals surface area contributed by atoms with Gasteiger partial charge in [0.15, 0.2) is 11.6 Å². The van der Waals surface area contributed by atoms with Gasteiger partial charge in [-0.15, -0.1) is 0 Å². The van der Waals surface area contributed by atoms with E-state index in [0.29, 0.717) is 0 Å². The molecule has 7 heteroatoms. The van der Waals surface area contributed by atoms with Crippen LogP contribution in [-0.2, 0) is 0 Å². The van der Waals surface area contributed by atoms with Crippen LogP contribution in [0.1, 0.15) is 41.0 Å². The first kappa shape index (κ1) is 20.3. The van der Waals surface area contributed by atoms with Crippen molar-refractivity contribution in [3.63, 3.8) is 0 Å². The smallest absolute Gasteiger partial charge is 0.167 e. The lowest BCUT2D eigenvalue weighted by Crippen LogP contribution is -2.21. The molecule has 2 rings (SSSR count). The lowest BCUT2D eigenvalue weighted by atomic mass is 10.1. The molecule has 0 fully saturated rings. The van der Waals surface area contributed by atoms with E-state index in [1.807, 2.05) is 0 Å². The summed E-state index contributed by atoms with van der Waals surface area (Å²) in [7, 11) is 0. The van der Waals surface area contributed by atoms with E-state index in [4.69, 9.17) is 9.47 Å². The summed E-state index contributed by atoms with van der Waals surface area (Å²) in [5.74, 6) is -0.589. The third-order valence-electron chi connectivity index (χ3n) is 3.85. The number of hydrogen-bond acceptors (Lipinski definition) is 7. The number of hydrogen-bond donors (Lipinski definition) is 3. The molecular weight excluding hydrogens is 352 g/mol. The molecule has 0 radical (unpaired) electrons. The molecule has 0 aliphatic heterocycles. The van der Waals surface area contributed by atoms with Crippen molar-refractivity contribution in [2.75, 3.05) is 13.2 Å². The Hall–Kier alpha value is -3.06. The van der Waals surface area contributed by atoms with Gasteiger partial charge in [-0.1, -0.05) is 12.1 Å². The highest BCUT2D eigenvalue weighted by atomic mass is 16.5. The predicted molar refractivity (Wildman–Crippen MR) is 97.8 cm³/mol. The number of Topliss-reactive ketones (excluding diaryl/α,β-unsaturated/α-hetero) is 2. The molecule has 0 aliphatic carbocycles. The second kappa shape index (κ2) is 9.05. The lowest BCUT2D eigenvalue weighted by molar-refractivity contribution is 0.0833. The van der Waals surface area contributed by atoms with Crippen molar-refractivity contribution in [3.05, 3.63) is 47.5 Å². The molecule has 0 aliphatic rings. The maximum absolute atomic E-state index is 11.6. The molecule has 0 aromatic heterocycles. The Kier molecular flexibility index (Phi) is 6.79. The van der Waals surface area contributed by atoms with Crippen molar-refractivity contribution >= 4 is 11.6 Å². The van der Waals surface area contributed by atoms with Gasteiger partial charge in [-0.3, -0.25) is 9.59 Å². The summed E-state index contributed by atoms with van der Waals surface area (Å²) in [4.78, 5) is 23.2. The number of benzene rings is 2. The first-order valence-electron chi connectivity index (χ1n) is 8.40. The molecule has 27 heavy (non-hydrogen) atoms. The molecule has 0 amide bonds. The van der Waals surface area contributed by atoms with Gasteiger partial charge in [0.25, 0.3) is 0 Å². The van der Waals surface area contributed by atoms with Crippen molar-refractivity contribution in [1.29, 1.82) is 0 Å². The van der Waals surface area contributed by atoms with Crippen LogP contribution >= 0.6 is 0 Å². The third-order valence-corrected chi connectivity index (χ3v) is 3.85. The Balaban J connectivity index is 1.91. The fourth-order valence-corrected chi connectivity index (χ4v) is 2.56. The minimum absolute atomic E-state index is 0.0619. The number of carbonyl (C=O) groups is 2. The van der Waals surface area contributed by atoms with Gasteiger partial charge >= 0.3 is 0 Å². The third kappa shape index (κ3) is 5.21. The summed E-state index contributed by atoms with van der Waals surface area (Å²) in [5, 5.41) is 29.6. The predicted octanol–water partition coefficient (Wildman–Crippen LogP) is 2.71. The Morgan fingerprint density at radius 1 is 0.889 bits per heavy atom. The molecule has 0 saturated heterocycles. The van der Waals surface area contributed by atoms with E-state index in [9.17, 15) is 24.9 Å². The first-order valence-corrected chi connectivity index (χ1v) is 8.40. The first-order chi connectivity index (χ1) is 12.8. The van der Waals surface area contributed by atoms with Crippen molar-refractivity contribution in [2.45, 2.75) is 26.4 Å². The van der Waals surface area contributed by atoms with Gasteiger partial charge in [0.1, 0.15) is 40.7 Å². The van der Waals surface area contributed by atoms with Gasteiger partial charge in [-0.2, -0.15) is 0 Å². The highest BCUT2D eigenvalue weighted by Gasteiger charge is 2.16. The van der Waals surface area contributed by atoms with E-state index in [-0.39, 0.29) is 65.3 Å². The molecule has 0 heterocycles. The van der Waals surface area contributed by atoms with Crippen LogP contribution in [-0.4, -0.2) is 46.2 Å². The second-order valence-electron chi connectivity index (χ2n) is 6.01. The normalized spacial score (nSPS) is 11.7. The fourth-order valence-electron chi connectivity index (χ4n) is 2.56. The molecule has 0 bridgehead atoms. The van der Waals surface area contributed by atoms with Crippen LogP contribution in [0.4, 0.5) is 0 Å². The standard InChI is InChI=1S/C20H22O7/c1-12(21)19-15(24)5-3-7-17(19)26-10-9-14(23)11-27-18-8-4-6-16(25)20(18)13(2)22/h3-8,14,23-25H,9-11H2,1-2H3. The maximum Gasteiger partial charge on any atom is 0.167 e. The van der Waals surface area contributed by atoms with Crippen molar-refractivity contribution in [2.24, 2.45) is 0 Å². The van der Waals surface area contributed by atoms with E-state index in [0.717, 1.165) is 0 Å². The highest BCUT2D eigenvalue weighted by molar-refractivity contribution is 6.00. The summed E-state index contributed by atoms with van der Waals surface area (Å²) in [6, 6.07) is 8.97. The molecule has 2 aromatic carbocycles. The van der Waals surface area contributed by atoms with E-state index in [1.54, 1.807) is 12.1 Å². The number of phenolic OH excluding ortho intramolecular Hbond substituents is 2. The van der Waals surface area contributed by atoms with Crippen LogP contribution < -0.4 is 9.47 Å². The van der Waals surface area contributed by atoms with Crippen LogP contribution in [0.2, 0.25) is 0 Å². The molecule has 0 spiro atoms. The number of aromatic hydroxyl groups is 2. The zero-order valence-corrected chi connectivity index (χ0v) is 15.1. The van der Waals surface area contributed by atoms with Gasteiger partial charge in [0.2, 0.25) is 0 Å². The van der Waals surface area contributed by atoms with Crippen LogP contribution in [0.5, 0.6) is 23.0 Å². The molecule has 1 unspecified atom stereocenters. The van der Waals surface area contributed by atoms with Crippen LogP contribution in [0.25, 0.3) is 0 Å². The molecular formula is C20H22O7. The lowest BCUT2D eigenvalue weighted by Gasteiger charge is -2.16. The largest absolute Gasteiger partial charge is 0.507 e. The summed E-state index contributed by atoms with van der Waals surface area (Å²) in [6.45, 7) is 2.63. The van der Waals surface area contributed by atoms with Gasteiger partial charge in [-0.05, 0) is 38.1 Å². The Bertz CT molecular complexity index is 829. The molecule has 3 N–H and O–H groups in total. The minimum Gasteiger partial charge on any atom is -0.507 e. The van der Waals surface area contributed by atoms with E-state index < -0.39 is 6.10 Å². The SMILES string of the molecule is CC(=O)c1c(O)cccc1OCCC(O)COc1cccc(O)c1C(C)=O. The number of phenols is 2. The average Bonchev–Trinajstić information content (AvgIpc) is 2.59. The number of ether oxygens (including phenoxy) is 2. The van der Waals surface area contributed by atoms with Gasteiger partial charge < -0.3 is 24.8 Å². The van der Waals surface area contributed by atoms with Gasteiger partial charge in [0.05, 0.1) is 12.7 Å². The van der Waals surface area contributed by atoms with Gasteiger partial charge in [0, 0.05) is 6.42 Å². The van der Waals surface area contributed by atoms with Crippen molar-refractivity contribution in [3.8, 4) is 23.0 Å². The van der Waals surface area contributed by atoms with E-state index in [2.05, 4.69) is 0 Å². The highest BCUT2D eigenvalue weighted by Crippen LogP contribution is 2.29. The molecule has 0 saturated carbocycles. The second-order valence-corrected chi connectivity index (χ2v) is 6.01. The molecule has 2 aromatic rings. The minimum atomic E-state index is -0.898. The van der Waals surface area contributed by atoms with Crippen molar-refractivity contribution < 1.29 is 34.4 Å². The quantitative estimate of drug-likeness (QED) is 0.578.